The van der Waals surface area contributed by atoms with E-state index in [1.54, 1.807) is 6.07 Å². The van der Waals surface area contributed by atoms with Crippen molar-refractivity contribution in [3.63, 3.8) is 0 Å². The van der Waals surface area contributed by atoms with Gasteiger partial charge in [-0.3, -0.25) is 0 Å². The maximum atomic E-state index is 8.71. The molecule has 0 heterocycles. The monoisotopic (exact) mass is 253 g/mol. The summed E-state index contributed by atoms with van der Waals surface area (Å²) in [5, 5.41) is 9.42. The van der Waals surface area contributed by atoms with Crippen LogP contribution >= 0.6 is 23.4 Å². The maximum Gasteiger partial charge on any atom is 0.0992 e. The number of benzene rings is 1. The number of thioether (sulfide) groups is 1. The lowest BCUT2D eigenvalue weighted by Gasteiger charge is -2.06. The van der Waals surface area contributed by atoms with Gasteiger partial charge in [-0.05, 0) is 35.8 Å². The van der Waals surface area contributed by atoms with Gasteiger partial charge in [0.15, 0.2) is 0 Å². The van der Waals surface area contributed by atoms with Crippen LogP contribution in [-0.2, 0) is 5.75 Å². The van der Waals surface area contributed by atoms with E-state index < -0.39 is 0 Å². The zero-order valence-electron chi connectivity index (χ0n) is 9.66. The molecule has 0 N–H and O–H groups in total. The zero-order chi connectivity index (χ0) is 12.0. The van der Waals surface area contributed by atoms with E-state index in [4.69, 9.17) is 16.9 Å². The van der Waals surface area contributed by atoms with E-state index in [1.807, 2.05) is 23.9 Å². The van der Waals surface area contributed by atoms with Crippen LogP contribution < -0.4 is 0 Å². The van der Waals surface area contributed by atoms with Crippen LogP contribution in [0.3, 0.4) is 0 Å². The van der Waals surface area contributed by atoms with Crippen molar-refractivity contribution in [2.75, 3.05) is 5.75 Å². The molecule has 0 aromatic heterocycles. The van der Waals surface area contributed by atoms with Crippen molar-refractivity contribution in [3.05, 3.63) is 34.3 Å². The second kappa shape index (κ2) is 6.83. The predicted molar refractivity (Wildman–Crippen MR) is 71.8 cm³/mol. The van der Waals surface area contributed by atoms with Crippen molar-refractivity contribution in [1.82, 2.24) is 0 Å². The van der Waals surface area contributed by atoms with Crippen LogP contribution in [0.5, 0.6) is 0 Å². The van der Waals surface area contributed by atoms with Gasteiger partial charge < -0.3 is 0 Å². The molecule has 1 rings (SSSR count). The summed E-state index contributed by atoms with van der Waals surface area (Å²) in [6, 6.07) is 7.59. The molecule has 3 heteroatoms. The van der Waals surface area contributed by atoms with Gasteiger partial charge in [0, 0.05) is 10.8 Å². The third kappa shape index (κ3) is 4.47. The smallest absolute Gasteiger partial charge is 0.0992 e. The van der Waals surface area contributed by atoms with E-state index >= 15 is 0 Å². The first-order chi connectivity index (χ1) is 7.63. The molecule has 0 aliphatic rings. The average molecular weight is 254 g/mol. The Kier molecular flexibility index (Phi) is 5.73. The fourth-order valence-electron chi connectivity index (χ4n) is 1.24. The molecule has 0 amide bonds. The van der Waals surface area contributed by atoms with Crippen LogP contribution in [0.25, 0.3) is 0 Å². The van der Waals surface area contributed by atoms with Crippen molar-refractivity contribution in [2.45, 2.75) is 26.0 Å². The number of halogens is 1. The van der Waals surface area contributed by atoms with Gasteiger partial charge in [-0.25, -0.2) is 0 Å². The summed E-state index contributed by atoms with van der Waals surface area (Å²) in [6.07, 6.45) is 1.23. The predicted octanol–water partition coefficient (Wildman–Crippen LogP) is 4.49. The Hall–Kier alpha value is -0.650. The molecule has 0 spiro atoms. The first-order valence-electron chi connectivity index (χ1n) is 5.39. The van der Waals surface area contributed by atoms with Crippen LogP contribution in [0, 0.1) is 17.2 Å². The van der Waals surface area contributed by atoms with Gasteiger partial charge in [-0.15, -0.1) is 0 Å². The minimum absolute atomic E-state index is 0.626. The molecule has 0 saturated heterocycles. The van der Waals surface area contributed by atoms with Gasteiger partial charge in [-0.1, -0.05) is 31.5 Å². The topological polar surface area (TPSA) is 23.8 Å². The summed E-state index contributed by atoms with van der Waals surface area (Å²) in [5.74, 6) is 2.84. The van der Waals surface area contributed by atoms with E-state index in [0.717, 1.165) is 23.0 Å². The number of rotatable bonds is 5. The Bertz CT molecular complexity index is 382. The molecule has 0 aliphatic heterocycles. The maximum absolute atomic E-state index is 8.71. The lowest BCUT2D eigenvalue weighted by atomic mass is 10.2. The Morgan fingerprint density at radius 3 is 2.75 bits per heavy atom. The number of hydrogen-bond acceptors (Lipinski definition) is 2. The Morgan fingerprint density at radius 1 is 1.44 bits per heavy atom. The summed E-state index contributed by atoms with van der Waals surface area (Å²) in [5.41, 5.74) is 1.75. The van der Waals surface area contributed by atoms with Crippen LogP contribution in [-0.4, -0.2) is 5.75 Å². The van der Waals surface area contributed by atoms with E-state index in [1.165, 1.54) is 6.42 Å². The molecular weight excluding hydrogens is 238 g/mol. The molecule has 0 aliphatic carbocycles. The highest BCUT2D eigenvalue weighted by atomic mass is 35.5. The van der Waals surface area contributed by atoms with Crippen LogP contribution in [0.2, 0.25) is 5.02 Å². The molecule has 86 valence electrons. The van der Waals surface area contributed by atoms with Gasteiger partial charge in [0.25, 0.3) is 0 Å². The molecule has 1 aromatic carbocycles. The fourth-order valence-corrected chi connectivity index (χ4v) is 2.82. The highest BCUT2D eigenvalue weighted by Crippen LogP contribution is 2.23. The van der Waals surface area contributed by atoms with Crippen molar-refractivity contribution < 1.29 is 0 Å². The molecule has 16 heavy (non-hydrogen) atoms. The van der Waals surface area contributed by atoms with E-state index in [9.17, 15) is 0 Å². The summed E-state index contributed by atoms with van der Waals surface area (Å²) in [7, 11) is 0. The molecule has 1 nitrogen and oxygen atoms in total. The molecular formula is C13H16ClNS. The highest BCUT2D eigenvalue weighted by molar-refractivity contribution is 7.98. The number of hydrogen-bond donors (Lipinski definition) is 0. The minimum Gasteiger partial charge on any atom is -0.192 e. The lowest BCUT2D eigenvalue weighted by molar-refractivity contribution is 0.632. The first-order valence-corrected chi connectivity index (χ1v) is 6.93. The Balaban J connectivity index is 2.46. The van der Waals surface area contributed by atoms with Crippen LogP contribution in [0.4, 0.5) is 0 Å². The third-order valence-corrected chi connectivity index (χ3v) is 3.67. The van der Waals surface area contributed by atoms with Crippen molar-refractivity contribution in [3.8, 4) is 6.07 Å². The summed E-state index contributed by atoms with van der Waals surface area (Å²) in [4.78, 5) is 0. The van der Waals surface area contributed by atoms with Gasteiger partial charge >= 0.3 is 0 Å². The largest absolute Gasteiger partial charge is 0.192 e. The first kappa shape index (κ1) is 13.4. The quantitative estimate of drug-likeness (QED) is 0.722. The van der Waals surface area contributed by atoms with Crippen LogP contribution in [0.15, 0.2) is 18.2 Å². The third-order valence-electron chi connectivity index (χ3n) is 2.28. The summed E-state index contributed by atoms with van der Waals surface area (Å²) < 4.78 is 0. The van der Waals surface area contributed by atoms with Gasteiger partial charge in [0.1, 0.15) is 0 Å². The van der Waals surface area contributed by atoms with Crippen LogP contribution in [0.1, 0.15) is 31.4 Å². The van der Waals surface area contributed by atoms with E-state index in [-0.39, 0.29) is 0 Å². The van der Waals surface area contributed by atoms with Gasteiger partial charge in [0.05, 0.1) is 11.6 Å². The molecule has 0 atom stereocenters. The van der Waals surface area contributed by atoms with Gasteiger partial charge in [0.2, 0.25) is 0 Å². The second-order valence-electron chi connectivity index (χ2n) is 4.15. The SMILES string of the molecule is CC(C)CCSCc1ccc(C#N)cc1Cl. The standard InChI is InChI=1S/C13H16ClNS/c1-10(2)5-6-16-9-12-4-3-11(8-15)7-13(12)14/h3-4,7,10H,5-6,9H2,1-2H3. The Labute approximate surface area is 107 Å². The zero-order valence-corrected chi connectivity index (χ0v) is 11.2. The number of nitriles is 1. The van der Waals surface area contributed by atoms with Gasteiger partial charge in [-0.2, -0.15) is 17.0 Å². The second-order valence-corrected chi connectivity index (χ2v) is 5.67. The molecule has 0 bridgehead atoms. The minimum atomic E-state index is 0.626. The number of nitrogens with zero attached hydrogens (tertiary/aromatic N) is 1. The van der Waals surface area contributed by atoms with Crippen molar-refractivity contribution in [2.24, 2.45) is 5.92 Å². The van der Waals surface area contributed by atoms with E-state index in [2.05, 4.69) is 19.9 Å². The average Bonchev–Trinajstić information content (AvgIpc) is 2.25. The molecule has 0 unspecified atom stereocenters. The fraction of sp³-hybridized carbons (Fsp3) is 0.462. The molecule has 0 radical (unpaired) electrons. The van der Waals surface area contributed by atoms with Crippen molar-refractivity contribution >= 4 is 23.4 Å². The highest BCUT2D eigenvalue weighted by Gasteiger charge is 2.02. The Morgan fingerprint density at radius 2 is 2.19 bits per heavy atom. The summed E-state index contributed by atoms with van der Waals surface area (Å²) in [6.45, 7) is 4.46. The molecule has 0 fully saturated rings. The normalized spacial score (nSPS) is 10.4. The molecule has 1 aromatic rings. The summed E-state index contributed by atoms with van der Waals surface area (Å²) >= 11 is 7.98. The molecule has 0 saturated carbocycles. The van der Waals surface area contributed by atoms with Crippen molar-refractivity contribution in [1.29, 1.82) is 5.26 Å². The lowest BCUT2D eigenvalue weighted by Crippen LogP contribution is -1.91. The van der Waals surface area contributed by atoms with E-state index in [0.29, 0.717) is 10.6 Å².